The number of halogens is 5. The number of benzene rings is 2. The molecule has 1 unspecified atom stereocenters. The van der Waals surface area contributed by atoms with Crippen molar-refractivity contribution in [1.29, 1.82) is 0 Å². The number of hydrogen-bond acceptors (Lipinski definition) is 3. The van der Waals surface area contributed by atoms with Crippen LogP contribution in [0.1, 0.15) is 46.4 Å². The summed E-state index contributed by atoms with van der Waals surface area (Å²) in [6, 6.07) is 8.80. The zero-order valence-corrected chi connectivity index (χ0v) is 18.6. The number of rotatable bonds is 8. The number of aromatic nitrogens is 1. The lowest BCUT2D eigenvalue weighted by atomic mass is 9.92. The van der Waals surface area contributed by atoms with E-state index in [1.165, 1.54) is 47.0 Å². The third kappa shape index (κ3) is 5.51. The van der Waals surface area contributed by atoms with E-state index < -0.39 is 55.3 Å². The van der Waals surface area contributed by atoms with Gasteiger partial charge in [0.2, 0.25) is 0 Å². The maximum absolute atomic E-state index is 13.8. The first-order chi connectivity index (χ1) is 15.9. The molecule has 3 rings (SSSR count). The number of alkyl halides is 3. The van der Waals surface area contributed by atoms with Crippen molar-refractivity contribution in [3.63, 3.8) is 0 Å². The van der Waals surface area contributed by atoms with Gasteiger partial charge in [0.1, 0.15) is 11.5 Å². The van der Waals surface area contributed by atoms with Crippen molar-refractivity contribution >= 4 is 34.4 Å². The van der Waals surface area contributed by atoms with Crippen LogP contribution in [0.15, 0.2) is 42.5 Å². The van der Waals surface area contributed by atoms with Gasteiger partial charge < -0.3 is 20.1 Å². The number of carboxylic acids is 1. The molecule has 0 saturated carbocycles. The maximum Gasteiger partial charge on any atom is 0.389 e. The zero-order valence-electron chi connectivity index (χ0n) is 17.9. The van der Waals surface area contributed by atoms with Gasteiger partial charge in [0.15, 0.2) is 0 Å². The summed E-state index contributed by atoms with van der Waals surface area (Å²) in [5.74, 6) is -3.93. The van der Waals surface area contributed by atoms with Crippen LogP contribution in [0, 0.1) is 5.82 Å². The fourth-order valence-corrected chi connectivity index (χ4v) is 3.95. The predicted octanol–water partition coefficient (Wildman–Crippen LogP) is 4.94. The number of aliphatic carboxylic acids is 1. The number of nitrogens with one attached hydrogen (secondary N) is 1. The summed E-state index contributed by atoms with van der Waals surface area (Å²) in [6.07, 6.45) is -6.32. The lowest BCUT2D eigenvalue weighted by molar-refractivity contribution is -0.145. The van der Waals surface area contributed by atoms with E-state index in [2.05, 4.69) is 5.32 Å². The molecule has 0 aliphatic rings. The van der Waals surface area contributed by atoms with Crippen LogP contribution in [0.4, 0.5) is 17.6 Å². The molecule has 1 heterocycles. The van der Waals surface area contributed by atoms with Gasteiger partial charge in [-0.1, -0.05) is 35.9 Å². The van der Waals surface area contributed by atoms with Gasteiger partial charge in [-0.2, -0.15) is 13.2 Å². The van der Waals surface area contributed by atoms with Gasteiger partial charge in [0.05, 0.1) is 29.1 Å². The molecule has 0 spiro atoms. The molecule has 0 aliphatic heterocycles. The molecule has 2 atom stereocenters. The van der Waals surface area contributed by atoms with Gasteiger partial charge in [0.25, 0.3) is 5.91 Å². The Morgan fingerprint density at radius 3 is 2.29 bits per heavy atom. The number of hydrogen-bond donors (Lipinski definition) is 3. The van der Waals surface area contributed by atoms with Crippen LogP contribution < -0.4 is 5.32 Å². The maximum atomic E-state index is 13.8. The number of aliphatic hydroxyl groups excluding tert-OH is 1. The van der Waals surface area contributed by atoms with E-state index in [0.29, 0.717) is 16.5 Å². The summed E-state index contributed by atoms with van der Waals surface area (Å²) < 4.78 is 52.8. The minimum absolute atomic E-state index is 0.125. The lowest BCUT2D eigenvalue weighted by Crippen LogP contribution is -2.32. The number of fused-ring (bicyclic) bond motifs is 1. The molecule has 2 aromatic carbocycles. The number of aryl methyl sites for hydroxylation is 1. The van der Waals surface area contributed by atoms with E-state index in [0.717, 1.165) is 0 Å². The van der Waals surface area contributed by atoms with Crippen LogP contribution in [0.25, 0.3) is 10.9 Å². The summed E-state index contributed by atoms with van der Waals surface area (Å²) in [6.45, 7) is -0.499. The normalized spacial score (nSPS) is 13.6. The Bertz CT molecular complexity index is 1210. The highest BCUT2D eigenvalue weighted by Crippen LogP contribution is 2.31. The highest BCUT2D eigenvalue weighted by Gasteiger charge is 2.31. The molecule has 0 aliphatic carbocycles. The Balaban J connectivity index is 1.80. The van der Waals surface area contributed by atoms with Crippen LogP contribution in [-0.2, 0) is 11.8 Å². The Hall–Kier alpha value is -3.11. The Kier molecular flexibility index (Phi) is 7.52. The van der Waals surface area contributed by atoms with E-state index in [-0.39, 0.29) is 16.3 Å². The molecule has 0 fully saturated rings. The van der Waals surface area contributed by atoms with Crippen molar-refractivity contribution in [1.82, 2.24) is 9.88 Å². The molecule has 11 heteroatoms. The molecule has 0 bridgehead atoms. The van der Waals surface area contributed by atoms with E-state index in [4.69, 9.17) is 11.6 Å². The van der Waals surface area contributed by atoms with Gasteiger partial charge in [-0.15, -0.1) is 0 Å². The first-order valence-electron chi connectivity index (χ1n) is 10.2. The van der Waals surface area contributed by atoms with Gasteiger partial charge in [-0.05, 0) is 35.7 Å². The molecular formula is C23H21ClF4N2O4. The van der Waals surface area contributed by atoms with E-state index in [9.17, 15) is 37.4 Å². The Morgan fingerprint density at radius 2 is 1.74 bits per heavy atom. The molecule has 182 valence electrons. The molecule has 34 heavy (non-hydrogen) atoms. The molecular weight excluding hydrogens is 480 g/mol. The van der Waals surface area contributed by atoms with Gasteiger partial charge >= 0.3 is 12.1 Å². The zero-order chi connectivity index (χ0) is 25.2. The Labute approximate surface area is 196 Å². The lowest BCUT2D eigenvalue weighted by Gasteiger charge is -2.19. The summed E-state index contributed by atoms with van der Waals surface area (Å²) in [5.41, 5.74) is 1.28. The number of carbonyl (C=O) groups excluding carboxylic acids is 1. The summed E-state index contributed by atoms with van der Waals surface area (Å²) in [4.78, 5) is 24.3. The van der Waals surface area contributed by atoms with Crippen LogP contribution >= 0.6 is 11.6 Å². The quantitative estimate of drug-likeness (QED) is 0.382. The molecule has 0 radical (unpaired) electrons. The summed E-state index contributed by atoms with van der Waals surface area (Å²) in [5, 5.41) is 22.0. The monoisotopic (exact) mass is 500 g/mol. The Morgan fingerprint density at radius 1 is 1.12 bits per heavy atom. The topological polar surface area (TPSA) is 91.6 Å². The van der Waals surface area contributed by atoms with Gasteiger partial charge in [0, 0.05) is 18.9 Å². The number of carboxylic acid groups (broad SMARTS) is 1. The molecule has 6 nitrogen and oxygen atoms in total. The van der Waals surface area contributed by atoms with Crippen molar-refractivity contribution < 1.29 is 37.4 Å². The highest BCUT2D eigenvalue weighted by molar-refractivity contribution is 6.35. The van der Waals surface area contributed by atoms with E-state index in [1.54, 1.807) is 7.05 Å². The predicted molar refractivity (Wildman–Crippen MR) is 117 cm³/mol. The minimum Gasteiger partial charge on any atom is -0.481 e. The molecule has 3 N–H and O–H groups in total. The molecule has 0 saturated heterocycles. The largest absolute Gasteiger partial charge is 0.481 e. The summed E-state index contributed by atoms with van der Waals surface area (Å²) in [7, 11) is 1.60. The van der Waals surface area contributed by atoms with Crippen LogP contribution in [0.5, 0.6) is 0 Å². The van der Waals surface area contributed by atoms with Crippen LogP contribution in [-0.4, -0.2) is 39.4 Å². The summed E-state index contributed by atoms with van der Waals surface area (Å²) >= 11 is 5.99. The second kappa shape index (κ2) is 10.0. The van der Waals surface area contributed by atoms with Gasteiger partial charge in [-0.25, -0.2) is 4.39 Å². The number of amides is 1. The van der Waals surface area contributed by atoms with E-state index >= 15 is 0 Å². The van der Waals surface area contributed by atoms with Crippen molar-refractivity contribution in [3.8, 4) is 0 Å². The standard InChI is InChI=1S/C23H21ClF4N2O4/c1-30-18-7-6-16(25)20(24)15(18)10-19(30)21(32)29-17(11-31)13-4-2-12(3-5-13)14(22(33)34)8-9-23(26,27)28/h2-7,10,14,17,31H,8-9,11H2,1H3,(H,29,32)(H,33,34)/t14?,17-/m1/s1. The SMILES string of the molecule is Cn1c(C(=O)N[C@H](CO)c2ccc(C(CCC(F)(F)F)C(=O)O)cc2)cc2c(Cl)c(F)ccc21. The first-order valence-corrected chi connectivity index (χ1v) is 10.5. The van der Waals surface area contributed by atoms with E-state index in [1.807, 2.05) is 0 Å². The average molecular weight is 501 g/mol. The van der Waals surface area contributed by atoms with Crippen molar-refractivity contribution in [3.05, 3.63) is 70.1 Å². The van der Waals surface area contributed by atoms with Crippen molar-refractivity contribution in [2.75, 3.05) is 6.61 Å². The molecule has 1 aromatic heterocycles. The number of carbonyl (C=O) groups is 2. The fourth-order valence-electron chi connectivity index (χ4n) is 3.74. The highest BCUT2D eigenvalue weighted by atomic mass is 35.5. The van der Waals surface area contributed by atoms with Crippen LogP contribution in [0.2, 0.25) is 5.02 Å². The second-order valence-electron chi connectivity index (χ2n) is 7.80. The van der Waals surface area contributed by atoms with Crippen LogP contribution in [0.3, 0.4) is 0 Å². The number of aliphatic hydroxyl groups is 1. The third-order valence-electron chi connectivity index (χ3n) is 5.59. The number of nitrogens with zero attached hydrogens (tertiary/aromatic N) is 1. The van der Waals surface area contributed by atoms with Gasteiger partial charge in [-0.3, -0.25) is 9.59 Å². The fraction of sp³-hybridized carbons (Fsp3) is 0.304. The third-order valence-corrected chi connectivity index (χ3v) is 5.97. The first kappa shape index (κ1) is 25.5. The van der Waals surface area contributed by atoms with Crippen molar-refractivity contribution in [2.24, 2.45) is 7.05 Å². The second-order valence-corrected chi connectivity index (χ2v) is 8.18. The van der Waals surface area contributed by atoms with Crippen molar-refractivity contribution in [2.45, 2.75) is 31.0 Å². The molecule has 1 amide bonds. The molecule has 3 aromatic rings. The smallest absolute Gasteiger partial charge is 0.389 e. The minimum atomic E-state index is -4.47. The average Bonchev–Trinajstić information content (AvgIpc) is 3.11.